The molecule has 0 aliphatic rings. The van der Waals surface area contributed by atoms with Crippen molar-refractivity contribution in [3.05, 3.63) is 33.2 Å². The molecule has 3 nitrogen and oxygen atoms in total. The van der Waals surface area contributed by atoms with Crippen LogP contribution in [0, 0.1) is 4.77 Å². The number of aromatic nitrogens is 3. The van der Waals surface area contributed by atoms with E-state index in [1.807, 2.05) is 17.8 Å². The van der Waals surface area contributed by atoms with Crippen LogP contribution >= 0.6 is 23.6 Å². The summed E-state index contributed by atoms with van der Waals surface area (Å²) in [6.45, 7) is 10.9. The first kappa shape index (κ1) is 13.5. The molecule has 0 bridgehead atoms. The quantitative estimate of drug-likeness (QED) is 0.841. The third kappa shape index (κ3) is 2.17. The Bertz CT molecular complexity index is 583. The molecule has 0 unspecified atom stereocenters. The van der Waals surface area contributed by atoms with Gasteiger partial charge in [0, 0.05) is 28.9 Å². The van der Waals surface area contributed by atoms with Crippen LogP contribution < -0.4 is 0 Å². The van der Waals surface area contributed by atoms with Gasteiger partial charge in [-0.2, -0.15) is 0 Å². The number of hydrogen-bond acceptors (Lipinski definition) is 3. The summed E-state index contributed by atoms with van der Waals surface area (Å²) in [6.07, 6.45) is 3.85. The van der Waals surface area contributed by atoms with Gasteiger partial charge in [0.25, 0.3) is 0 Å². The lowest BCUT2D eigenvalue weighted by Crippen LogP contribution is -2.32. The van der Waals surface area contributed by atoms with E-state index in [2.05, 4.69) is 49.2 Å². The summed E-state index contributed by atoms with van der Waals surface area (Å²) in [6, 6.07) is 0. The van der Waals surface area contributed by atoms with Crippen LogP contribution in [0.25, 0.3) is 0 Å². The highest BCUT2D eigenvalue weighted by molar-refractivity contribution is 7.71. The van der Waals surface area contributed by atoms with E-state index in [0.717, 1.165) is 9.78 Å². The average molecular weight is 281 g/mol. The maximum Gasteiger partial charge on any atom is 0.178 e. The van der Waals surface area contributed by atoms with Crippen molar-refractivity contribution in [2.24, 2.45) is 0 Å². The third-order valence-electron chi connectivity index (χ3n) is 3.06. The van der Waals surface area contributed by atoms with Crippen molar-refractivity contribution in [2.75, 3.05) is 0 Å². The Hall–Kier alpha value is -0.940. The number of thiazole rings is 1. The Labute approximate surface area is 117 Å². The van der Waals surface area contributed by atoms with Gasteiger partial charge >= 0.3 is 0 Å². The number of nitrogens with one attached hydrogen (secondary N) is 1. The molecule has 0 atom stereocenters. The van der Waals surface area contributed by atoms with Crippen LogP contribution in [-0.4, -0.2) is 14.5 Å². The zero-order chi connectivity index (χ0) is 13.6. The predicted octanol–water partition coefficient (Wildman–Crippen LogP) is 4.08. The van der Waals surface area contributed by atoms with Gasteiger partial charge in [0.1, 0.15) is 5.01 Å². The first-order valence-corrected chi connectivity index (χ1v) is 7.25. The van der Waals surface area contributed by atoms with Crippen LogP contribution in [0.15, 0.2) is 17.8 Å². The highest BCUT2D eigenvalue weighted by Gasteiger charge is 2.32. The first-order valence-electron chi connectivity index (χ1n) is 5.96. The Morgan fingerprint density at radius 1 is 1.28 bits per heavy atom. The summed E-state index contributed by atoms with van der Waals surface area (Å²) in [5, 5.41) is 3.08. The monoisotopic (exact) mass is 281 g/mol. The number of hydrogen-bond donors (Lipinski definition) is 1. The molecule has 0 aromatic carbocycles. The minimum atomic E-state index is -0.228. The highest BCUT2D eigenvalue weighted by atomic mass is 32.1. The number of H-pyrrole nitrogens is 1. The van der Waals surface area contributed by atoms with Crippen molar-refractivity contribution in [2.45, 2.75) is 45.6 Å². The van der Waals surface area contributed by atoms with Crippen molar-refractivity contribution >= 4 is 23.6 Å². The van der Waals surface area contributed by atoms with Crippen molar-refractivity contribution in [1.29, 1.82) is 0 Å². The molecule has 1 N–H and O–H groups in total. The smallest absolute Gasteiger partial charge is 0.178 e. The molecule has 5 heteroatoms. The van der Waals surface area contributed by atoms with Gasteiger partial charge in [-0.3, -0.25) is 0 Å². The molecule has 0 fully saturated rings. The highest BCUT2D eigenvalue weighted by Crippen LogP contribution is 2.33. The van der Waals surface area contributed by atoms with Crippen LogP contribution in [-0.2, 0) is 11.0 Å². The minimum Gasteiger partial charge on any atom is -0.337 e. The SMILES string of the molecule is CC(C)(C)c1c[nH]c(=S)n1C(C)(C)c1nccs1. The van der Waals surface area contributed by atoms with Crippen LogP contribution in [0.3, 0.4) is 0 Å². The average Bonchev–Trinajstić information content (AvgIpc) is 2.83. The standard InChI is InChI=1S/C13H19N3S2/c1-12(2,3)9-8-15-11(17)16(9)13(4,5)10-14-6-7-18-10/h6-8H,1-5H3,(H,15,17). The zero-order valence-electron chi connectivity index (χ0n) is 11.4. The Morgan fingerprint density at radius 2 is 1.94 bits per heavy atom. The second-order valence-corrected chi connectivity index (χ2v) is 7.24. The first-order chi connectivity index (χ1) is 8.24. The maximum absolute atomic E-state index is 5.45. The van der Waals surface area contributed by atoms with Gasteiger partial charge in [0.05, 0.1) is 5.54 Å². The van der Waals surface area contributed by atoms with E-state index >= 15 is 0 Å². The third-order valence-corrected chi connectivity index (χ3v) is 4.45. The number of nitrogens with zero attached hydrogens (tertiary/aromatic N) is 2. The van der Waals surface area contributed by atoms with E-state index in [4.69, 9.17) is 12.2 Å². The number of imidazole rings is 1. The van der Waals surface area contributed by atoms with Crippen LogP contribution in [0.2, 0.25) is 0 Å². The fraction of sp³-hybridized carbons (Fsp3) is 0.538. The van der Waals surface area contributed by atoms with Crippen molar-refractivity contribution in [3.63, 3.8) is 0 Å². The summed E-state index contributed by atoms with van der Waals surface area (Å²) in [5.74, 6) is 0. The molecule has 2 heterocycles. The summed E-state index contributed by atoms with van der Waals surface area (Å²) < 4.78 is 2.93. The molecule has 0 radical (unpaired) electrons. The molecule has 0 saturated carbocycles. The summed E-state index contributed by atoms with van der Waals surface area (Å²) in [4.78, 5) is 7.61. The van der Waals surface area contributed by atoms with Gasteiger partial charge < -0.3 is 9.55 Å². The summed E-state index contributed by atoms with van der Waals surface area (Å²) in [7, 11) is 0. The van der Waals surface area contributed by atoms with Crippen molar-refractivity contribution in [3.8, 4) is 0 Å². The molecule has 18 heavy (non-hydrogen) atoms. The minimum absolute atomic E-state index is 0.0437. The molecule has 2 rings (SSSR count). The van der Waals surface area contributed by atoms with Crippen molar-refractivity contribution in [1.82, 2.24) is 14.5 Å². The van der Waals surface area contributed by atoms with Crippen LogP contribution in [0.4, 0.5) is 0 Å². The van der Waals surface area contributed by atoms with Gasteiger partial charge in [-0.05, 0) is 26.1 Å². The van der Waals surface area contributed by atoms with E-state index in [0.29, 0.717) is 0 Å². The summed E-state index contributed by atoms with van der Waals surface area (Å²) in [5.41, 5.74) is 1.02. The molecule has 0 saturated heterocycles. The van der Waals surface area contributed by atoms with E-state index in [1.165, 1.54) is 5.69 Å². The molecule has 0 aliphatic carbocycles. The molecule has 2 aromatic heterocycles. The van der Waals surface area contributed by atoms with Crippen LogP contribution in [0.1, 0.15) is 45.3 Å². The molecule has 98 valence electrons. The second kappa shape index (κ2) is 4.31. The Morgan fingerprint density at radius 3 is 2.44 bits per heavy atom. The molecular weight excluding hydrogens is 262 g/mol. The lowest BCUT2D eigenvalue weighted by atomic mass is 9.91. The molecule has 2 aromatic rings. The fourth-order valence-electron chi connectivity index (χ4n) is 2.10. The Balaban J connectivity index is 2.65. The maximum atomic E-state index is 5.45. The second-order valence-electron chi connectivity index (χ2n) is 5.96. The number of aromatic amines is 1. The topological polar surface area (TPSA) is 33.6 Å². The number of rotatable bonds is 2. The molecule has 0 aliphatic heterocycles. The van der Waals surface area contributed by atoms with Gasteiger partial charge in [-0.15, -0.1) is 11.3 Å². The van der Waals surface area contributed by atoms with Gasteiger partial charge in [-0.1, -0.05) is 20.8 Å². The molecule has 0 amide bonds. The summed E-state index contributed by atoms with van der Waals surface area (Å²) >= 11 is 7.11. The molecule has 0 spiro atoms. The van der Waals surface area contributed by atoms with Gasteiger partial charge in [0.2, 0.25) is 0 Å². The lowest BCUT2D eigenvalue weighted by molar-refractivity contribution is 0.384. The fourth-order valence-corrected chi connectivity index (χ4v) is 3.23. The van der Waals surface area contributed by atoms with E-state index < -0.39 is 0 Å². The zero-order valence-corrected chi connectivity index (χ0v) is 13.1. The Kier molecular flexibility index (Phi) is 3.23. The molecular formula is C13H19N3S2. The van der Waals surface area contributed by atoms with Crippen LogP contribution in [0.5, 0.6) is 0 Å². The van der Waals surface area contributed by atoms with Gasteiger partial charge in [0.15, 0.2) is 4.77 Å². The van der Waals surface area contributed by atoms with E-state index in [-0.39, 0.29) is 11.0 Å². The largest absolute Gasteiger partial charge is 0.337 e. The van der Waals surface area contributed by atoms with Crippen molar-refractivity contribution < 1.29 is 0 Å². The van der Waals surface area contributed by atoms with E-state index in [1.54, 1.807) is 11.3 Å². The predicted molar refractivity (Wildman–Crippen MR) is 78.9 cm³/mol. The van der Waals surface area contributed by atoms with Gasteiger partial charge in [-0.25, -0.2) is 4.98 Å². The normalized spacial score (nSPS) is 12.9. The lowest BCUT2D eigenvalue weighted by Gasteiger charge is -2.31. The van der Waals surface area contributed by atoms with E-state index in [9.17, 15) is 0 Å².